The van der Waals surface area contributed by atoms with Crippen LogP contribution in [0.5, 0.6) is 0 Å². The van der Waals surface area contributed by atoms with E-state index in [0.29, 0.717) is 12.0 Å². The Morgan fingerprint density at radius 3 is 2.81 bits per heavy atom. The smallest absolute Gasteiger partial charge is 0.137 e. The highest BCUT2D eigenvalue weighted by Crippen LogP contribution is 2.31. The van der Waals surface area contributed by atoms with Crippen molar-refractivity contribution in [1.82, 2.24) is 14.9 Å². The van der Waals surface area contributed by atoms with E-state index in [2.05, 4.69) is 34.0 Å². The van der Waals surface area contributed by atoms with Crippen LogP contribution in [-0.4, -0.2) is 52.8 Å². The van der Waals surface area contributed by atoms with Crippen molar-refractivity contribution in [2.75, 3.05) is 37.3 Å². The van der Waals surface area contributed by atoms with E-state index in [-0.39, 0.29) is 5.60 Å². The normalized spacial score (nSPS) is 26.1. The number of nitrogens with one attached hydrogen (secondary N) is 1. The van der Waals surface area contributed by atoms with Gasteiger partial charge in [-0.3, -0.25) is 4.90 Å². The fourth-order valence-corrected chi connectivity index (χ4v) is 4.53. The summed E-state index contributed by atoms with van der Waals surface area (Å²) in [6.45, 7) is 8.35. The monoisotopic (exact) mass is 369 g/mol. The Labute approximate surface area is 161 Å². The predicted molar refractivity (Wildman–Crippen MR) is 110 cm³/mol. The predicted octanol–water partition coefficient (Wildman–Crippen LogP) is 3.29. The lowest BCUT2D eigenvalue weighted by molar-refractivity contribution is -0.101. The zero-order chi connectivity index (χ0) is 18.9. The Balaban J connectivity index is 1.32. The number of hydrogen-bond acceptors (Lipinski definition) is 6. The number of ether oxygens (including phenoxy) is 1. The summed E-state index contributed by atoms with van der Waals surface area (Å²) in [6.07, 6.45) is 6.71. The topological polar surface area (TPSA) is 76.3 Å². The van der Waals surface area contributed by atoms with Crippen LogP contribution in [0.25, 0.3) is 10.9 Å². The quantitative estimate of drug-likeness (QED) is 0.806. The third-order valence-electron chi connectivity index (χ3n) is 6.01. The largest absolute Gasteiger partial charge is 0.399 e. The number of nitrogen functional groups attached to an aromatic ring is 1. The van der Waals surface area contributed by atoms with Crippen LogP contribution in [0.1, 0.15) is 39.5 Å². The number of nitrogens with zero attached hydrogens (tertiary/aromatic N) is 3. The Morgan fingerprint density at radius 2 is 2.04 bits per heavy atom. The van der Waals surface area contributed by atoms with Gasteiger partial charge in [0.25, 0.3) is 0 Å². The summed E-state index contributed by atoms with van der Waals surface area (Å²) in [5.41, 5.74) is 7.61. The number of rotatable bonds is 4. The van der Waals surface area contributed by atoms with E-state index >= 15 is 0 Å². The maximum absolute atomic E-state index is 5.94. The molecule has 6 nitrogen and oxygen atoms in total. The summed E-state index contributed by atoms with van der Waals surface area (Å²) >= 11 is 0. The standard InChI is InChI=1S/C21H31N5O/c1-21(2)13-26(9-10-27-21)17-6-3-15(4-7-17)12-23-20-18-11-16(22)5-8-19(18)24-14-25-20/h5,8,11,14-15,17H,3-4,6-7,9-10,12-13,22H2,1-2H3,(H,23,24,25). The Hall–Kier alpha value is -1.92. The minimum absolute atomic E-state index is 0.00737. The molecule has 6 heteroatoms. The first-order chi connectivity index (χ1) is 13.0. The maximum atomic E-state index is 5.94. The van der Waals surface area contributed by atoms with E-state index < -0.39 is 0 Å². The number of fused-ring (bicyclic) bond motifs is 1. The molecule has 0 atom stereocenters. The average Bonchev–Trinajstić information content (AvgIpc) is 2.66. The van der Waals surface area contributed by atoms with E-state index in [1.165, 1.54) is 25.7 Å². The van der Waals surface area contributed by atoms with Gasteiger partial charge in [-0.05, 0) is 63.6 Å². The lowest BCUT2D eigenvalue weighted by atomic mass is 9.84. The molecule has 1 saturated carbocycles. The van der Waals surface area contributed by atoms with Crippen molar-refractivity contribution in [3.63, 3.8) is 0 Å². The zero-order valence-corrected chi connectivity index (χ0v) is 16.4. The fraction of sp³-hybridized carbons (Fsp3) is 0.619. The van der Waals surface area contributed by atoms with Crippen molar-refractivity contribution in [3.8, 4) is 0 Å². The van der Waals surface area contributed by atoms with Gasteiger partial charge in [-0.1, -0.05) is 0 Å². The lowest BCUT2D eigenvalue weighted by Crippen LogP contribution is -2.53. The SMILES string of the molecule is CC1(C)CN(C2CCC(CNc3ncnc4ccc(N)cc34)CC2)CCO1. The molecule has 0 amide bonds. The Morgan fingerprint density at radius 1 is 1.22 bits per heavy atom. The number of nitrogens with two attached hydrogens (primary N) is 1. The minimum atomic E-state index is -0.00737. The van der Waals surface area contributed by atoms with Crippen molar-refractivity contribution >= 4 is 22.4 Å². The molecule has 0 spiro atoms. The minimum Gasteiger partial charge on any atom is -0.399 e. The molecule has 0 radical (unpaired) electrons. The summed E-state index contributed by atoms with van der Waals surface area (Å²) < 4.78 is 5.87. The van der Waals surface area contributed by atoms with Crippen molar-refractivity contribution in [2.24, 2.45) is 5.92 Å². The molecule has 0 unspecified atom stereocenters. The molecule has 1 aromatic heterocycles. The number of anilines is 2. The molecule has 4 rings (SSSR count). The molecular formula is C21H31N5O. The maximum Gasteiger partial charge on any atom is 0.137 e. The molecule has 1 aliphatic carbocycles. The molecule has 2 aromatic rings. The van der Waals surface area contributed by atoms with Crippen LogP contribution in [0.3, 0.4) is 0 Å². The fourth-order valence-electron chi connectivity index (χ4n) is 4.53. The molecule has 3 N–H and O–H groups in total. The molecule has 2 fully saturated rings. The van der Waals surface area contributed by atoms with E-state index in [0.717, 1.165) is 48.6 Å². The average molecular weight is 370 g/mol. The van der Waals surface area contributed by atoms with Crippen LogP contribution in [0, 0.1) is 5.92 Å². The third kappa shape index (κ3) is 4.33. The van der Waals surface area contributed by atoms with Crippen molar-refractivity contribution < 1.29 is 4.74 Å². The van der Waals surface area contributed by atoms with E-state index in [4.69, 9.17) is 10.5 Å². The van der Waals surface area contributed by atoms with Gasteiger partial charge < -0.3 is 15.8 Å². The second kappa shape index (κ2) is 7.60. The third-order valence-corrected chi connectivity index (χ3v) is 6.01. The highest BCUT2D eigenvalue weighted by molar-refractivity contribution is 5.91. The molecule has 2 heterocycles. The number of hydrogen-bond donors (Lipinski definition) is 2. The molecule has 1 aliphatic heterocycles. The van der Waals surface area contributed by atoms with Crippen LogP contribution in [0.4, 0.5) is 11.5 Å². The van der Waals surface area contributed by atoms with E-state index in [1.54, 1.807) is 6.33 Å². The van der Waals surface area contributed by atoms with Gasteiger partial charge in [0, 0.05) is 36.7 Å². The van der Waals surface area contributed by atoms with Gasteiger partial charge in [0.05, 0.1) is 17.7 Å². The summed E-state index contributed by atoms with van der Waals surface area (Å²) in [4.78, 5) is 11.4. The van der Waals surface area contributed by atoms with Crippen LogP contribution in [0.2, 0.25) is 0 Å². The second-order valence-electron chi connectivity index (χ2n) is 8.63. The highest BCUT2D eigenvalue weighted by atomic mass is 16.5. The van der Waals surface area contributed by atoms with Crippen LogP contribution in [0.15, 0.2) is 24.5 Å². The molecule has 2 aliphatic rings. The molecule has 0 bridgehead atoms. The van der Waals surface area contributed by atoms with Crippen molar-refractivity contribution in [2.45, 2.75) is 51.2 Å². The second-order valence-corrected chi connectivity index (χ2v) is 8.63. The summed E-state index contributed by atoms with van der Waals surface area (Å²) in [6, 6.07) is 6.50. The van der Waals surface area contributed by atoms with E-state index in [1.807, 2.05) is 18.2 Å². The Bertz CT molecular complexity index is 785. The molecular weight excluding hydrogens is 338 g/mol. The zero-order valence-electron chi connectivity index (χ0n) is 16.4. The molecule has 1 aromatic carbocycles. The van der Waals surface area contributed by atoms with Crippen LogP contribution >= 0.6 is 0 Å². The van der Waals surface area contributed by atoms with Gasteiger partial charge in [0.1, 0.15) is 12.1 Å². The van der Waals surface area contributed by atoms with Gasteiger partial charge in [0.15, 0.2) is 0 Å². The van der Waals surface area contributed by atoms with Gasteiger partial charge in [-0.15, -0.1) is 0 Å². The van der Waals surface area contributed by atoms with E-state index in [9.17, 15) is 0 Å². The Kier molecular flexibility index (Phi) is 5.19. The summed E-state index contributed by atoms with van der Waals surface area (Å²) in [5, 5.41) is 4.55. The first kappa shape index (κ1) is 18.4. The van der Waals surface area contributed by atoms with Gasteiger partial charge in [-0.25, -0.2) is 9.97 Å². The van der Waals surface area contributed by atoms with Crippen molar-refractivity contribution in [1.29, 1.82) is 0 Å². The first-order valence-corrected chi connectivity index (χ1v) is 10.1. The molecule has 146 valence electrons. The van der Waals surface area contributed by atoms with Gasteiger partial charge in [0.2, 0.25) is 0 Å². The molecule has 27 heavy (non-hydrogen) atoms. The summed E-state index contributed by atoms with van der Waals surface area (Å²) in [5.74, 6) is 1.59. The number of benzene rings is 1. The van der Waals surface area contributed by atoms with Gasteiger partial charge in [-0.2, -0.15) is 0 Å². The van der Waals surface area contributed by atoms with Crippen LogP contribution in [-0.2, 0) is 4.74 Å². The number of morpholine rings is 1. The number of aromatic nitrogens is 2. The van der Waals surface area contributed by atoms with Crippen LogP contribution < -0.4 is 11.1 Å². The molecule has 1 saturated heterocycles. The van der Waals surface area contributed by atoms with Gasteiger partial charge >= 0.3 is 0 Å². The first-order valence-electron chi connectivity index (χ1n) is 10.1. The summed E-state index contributed by atoms with van der Waals surface area (Å²) in [7, 11) is 0. The van der Waals surface area contributed by atoms with Crippen molar-refractivity contribution in [3.05, 3.63) is 24.5 Å². The highest BCUT2D eigenvalue weighted by Gasteiger charge is 2.33. The lowest BCUT2D eigenvalue weighted by Gasteiger charge is -2.44.